The summed E-state index contributed by atoms with van der Waals surface area (Å²) in [7, 11) is -1.16. The van der Waals surface area contributed by atoms with Crippen molar-refractivity contribution < 1.29 is 13.8 Å². The fourth-order valence-corrected chi connectivity index (χ4v) is 3.92. The van der Waals surface area contributed by atoms with E-state index in [1.54, 1.807) is 0 Å². The third-order valence-electron chi connectivity index (χ3n) is 3.76. The van der Waals surface area contributed by atoms with Crippen molar-refractivity contribution in [1.29, 1.82) is 5.26 Å². The molecule has 0 heterocycles. The average molecular weight is 405 g/mol. The molecule has 0 aliphatic carbocycles. The first-order valence-corrected chi connectivity index (χ1v) is 11.6. The van der Waals surface area contributed by atoms with E-state index in [4.69, 9.17) is 19.0 Å². The van der Waals surface area contributed by atoms with Gasteiger partial charge in [0.15, 0.2) is 0 Å². The van der Waals surface area contributed by atoms with Crippen molar-refractivity contribution >= 4 is 8.53 Å². The monoisotopic (exact) mass is 404 g/mol. The van der Waals surface area contributed by atoms with E-state index in [0.29, 0.717) is 37.6 Å². The first-order chi connectivity index (χ1) is 12.6. The Morgan fingerprint density at radius 3 is 1.89 bits per heavy atom. The largest absolute Gasteiger partial charge is 0.375 e. The molecule has 0 spiro atoms. The van der Waals surface area contributed by atoms with E-state index >= 15 is 0 Å². The molecule has 0 rings (SSSR count). The maximum absolute atomic E-state index is 8.75. The highest BCUT2D eigenvalue weighted by molar-refractivity contribution is 7.44. The molecule has 0 N–H and O–H groups in total. The van der Waals surface area contributed by atoms with Crippen LogP contribution in [0.4, 0.5) is 0 Å². The van der Waals surface area contributed by atoms with E-state index in [2.05, 4.69) is 66.1 Å². The van der Waals surface area contributed by atoms with Crippen LogP contribution in [0.2, 0.25) is 0 Å². The minimum Gasteiger partial charge on any atom is -0.375 e. The summed E-state index contributed by atoms with van der Waals surface area (Å²) >= 11 is 0. The molecule has 0 fully saturated rings. The van der Waals surface area contributed by atoms with E-state index in [-0.39, 0.29) is 5.60 Å². The molecule has 0 aromatic carbocycles. The van der Waals surface area contributed by atoms with Crippen LogP contribution in [0.3, 0.4) is 0 Å². The molecule has 5 nitrogen and oxygen atoms in total. The van der Waals surface area contributed by atoms with Crippen molar-refractivity contribution in [2.75, 3.05) is 19.8 Å². The molecule has 0 aromatic rings. The van der Waals surface area contributed by atoms with Gasteiger partial charge in [0.1, 0.15) is 0 Å². The number of nitrogens with zero attached hydrogens (tertiary/aromatic N) is 2. The van der Waals surface area contributed by atoms with Crippen molar-refractivity contribution in [3.05, 3.63) is 0 Å². The maximum Gasteiger partial charge on any atom is 0.259 e. The van der Waals surface area contributed by atoms with E-state index in [0.717, 1.165) is 19.4 Å². The molecular weight excluding hydrogens is 359 g/mol. The molecular formula is C21H45N2O3P. The summed E-state index contributed by atoms with van der Waals surface area (Å²) in [6.07, 6.45) is 2.27. The van der Waals surface area contributed by atoms with Gasteiger partial charge in [-0.3, -0.25) is 0 Å². The van der Waals surface area contributed by atoms with Crippen molar-refractivity contribution in [3.63, 3.8) is 0 Å². The number of nitriles is 1. The Balaban J connectivity index is 0. The molecule has 0 radical (unpaired) electrons. The summed E-state index contributed by atoms with van der Waals surface area (Å²) in [5, 5.41) is 8.75. The van der Waals surface area contributed by atoms with Crippen LogP contribution in [0.1, 0.15) is 88.5 Å². The highest BCUT2D eigenvalue weighted by atomic mass is 31.2. The van der Waals surface area contributed by atoms with E-state index in [1.807, 2.05) is 13.8 Å². The van der Waals surface area contributed by atoms with Crippen molar-refractivity contribution in [2.45, 2.75) is 106 Å². The van der Waals surface area contributed by atoms with Gasteiger partial charge in [-0.15, -0.1) is 0 Å². The molecule has 0 saturated heterocycles. The van der Waals surface area contributed by atoms with Gasteiger partial charge in [0.25, 0.3) is 8.53 Å². The Bertz CT molecular complexity index is 374. The van der Waals surface area contributed by atoms with Crippen molar-refractivity contribution in [3.8, 4) is 6.07 Å². The van der Waals surface area contributed by atoms with Crippen LogP contribution in [0, 0.1) is 17.2 Å². The van der Waals surface area contributed by atoms with Crippen LogP contribution in [0.15, 0.2) is 0 Å². The minimum atomic E-state index is -1.16. The fourth-order valence-electron chi connectivity index (χ4n) is 2.33. The third-order valence-corrected chi connectivity index (χ3v) is 5.86. The molecule has 0 bridgehead atoms. The summed E-state index contributed by atoms with van der Waals surface area (Å²) in [6.45, 7) is 23.0. The van der Waals surface area contributed by atoms with Crippen LogP contribution in [-0.4, -0.2) is 42.2 Å². The van der Waals surface area contributed by atoms with Crippen molar-refractivity contribution in [2.24, 2.45) is 5.92 Å². The lowest BCUT2D eigenvalue weighted by atomic mass is 10.1. The molecule has 1 unspecified atom stereocenters. The number of ether oxygens (including phenoxy) is 1. The Labute approximate surface area is 170 Å². The lowest BCUT2D eigenvalue weighted by Crippen LogP contribution is -2.34. The molecule has 162 valence electrons. The zero-order valence-electron chi connectivity index (χ0n) is 19.5. The first-order valence-electron chi connectivity index (χ1n) is 10.5. The molecule has 6 heteroatoms. The molecule has 27 heavy (non-hydrogen) atoms. The van der Waals surface area contributed by atoms with Gasteiger partial charge in [-0.05, 0) is 60.3 Å². The van der Waals surface area contributed by atoms with Crippen LogP contribution in [0.25, 0.3) is 0 Å². The topological polar surface area (TPSA) is 54.7 Å². The van der Waals surface area contributed by atoms with Gasteiger partial charge in [-0.25, -0.2) is 4.67 Å². The quantitative estimate of drug-likeness (QED) is 0.243. The number of hydrogen-bond donors (Lipinski definition) is 0. The molecule has 0 aromatic heterocycles. The van der Waals surface area contributed by atoms with Crippen LogP contribution < -0.4 is 0 Å². The highest BCUT2D eigenvalue weighted by Gasteiger charge is 2.28. The van der Waals surface area contributed by atoms with Gasteiger partial charge in [-0.1, -0.05) is 27.7 Å². The van der Waals surface area contributed by atoms with E-state index in [9.17, 15) is 0 Å². The fraction of sp³-hybridized carbons (Fsp3) is 0.952. The Morgan fingerprint density at radius 2 is 1.44 bits per heavy atom. The Morgan fingerprint density at radius 1 is 0.926 bits per heavy atom. The van der Waals surface area contributed by atoms with Crippen LogP contribution in [0.5, 0.6) is 0 Å². The van der Waals surface area contributed by atoms with Gasteiger partial charge < -0.3 is 13.8 Å². The second-order valence-electron chi connectivity index (χ2n) is 7.92. The number of hydrogen-bond acceptors (Lipinski definition) is 5. The van der Waals surface area contributed by atoms with Gasteiger partial charge in [0, 0.05) is 18.7 Å². The van der Waals surface area contributed by atoms with Gasteiger partial charge in [0.05, 0.1) is 31.3 Å². The smallest absolute Gasteiger partial charge is 0.259 e. The van der Waals surface area contributed by atoms with Gasteiger partial charge in [0.2, 0.25) is 0 Å². The predicted octanol–water partition coefficient (Wildman–Crippen LogP) is 6.54. The summed E-state index contributed by atoms with van der Waals surface area (Å²) in [5.41, 5.74) is -0.205. The molecule has 0 aliphatic heterocycles. The maximum atomic E-state index is 8.75. The van der Waals surface area contributed by atoms with E-state index < -0.39 is 8.53 Å². The number of rotatable bonds is 14. The van der Waals surface area contributed by atoms with Crippen LogP contribution >= 0.6 is 8.53 Å². The second-order valence-corrected chi connectivity index (χ2v) is 9.37. The summed E-state index contributed by atoms with van der Waals surface area (Å²) in [5.74, 6) is 0.652. The van der Waals surface area contributed by atoms with E-state index in [1.165, 1.54) is 0 Å². The standard InChI is InChI=1S/C19H39N2O3P.C2H6/c1-16(2)10-14-22-19(7,8)11-15-24-25(23-13-9-12-20)21(17(3)4)18(5)6;1-2/h16-18H,9-11,13-15H2,1-8H3;1-2H3. The van der Waals surface area contributed by atoms with Crippen molar-refractivity contribution in [1.82, 2.24) is 4.67 Å². The third kappa shape index (κ3) is 15.4. The lowest BCUT2D eigenvalue weighted by Gasteiger charge is -2.36. The molecule has 0 amide bonds. The first kappa shape index (κ1) is 29.0. The molecule has 1 atom stereocenters. The van der Waals surface area contributed by atoms with Crippen LogP contribution in [-0.2, 0) is 13.8 Å². The summed E-state index contributed by atoms with van der Waals surface area (Å²) in [6, 6.07) is 2.77. The Kier molecular flexibility index (Phi) is 17.9. The normalized spacial score (nSPS) is 13.1. The Hall–Kier alpha value is -0.240. The summed E-state index contributed by atoms with van der Waals surface area (Å²) in [4.78, 5) is 0. The zero-order chi connectivity index (χ0) is 21.5. The lowest BCUT2D eigenvalue weighted by molar-refractivity contribution is -0.0355. The average Bonchev–Trinajstić information content (AvgIpc) is 2.55. The second kappa shape index (κ2) is 16.7. The van der Waals surface area contributed by atoms with Gasteiger partial charge in [-0.2, -0.15) is 5.26 Å². The zero-order valence-corrected chi connectivity index (χ0v) is 20.4. The predicted molar refractivity (Wildman–Crippen MR) is 117 cm³/mol. The molecule has 0 saturated carbocycles. The SMILES string of the molecule is CC.CC(C)CCOC(C)(C)CCOP(OCCC#N)N(C(C)C)C(C)C. The molecule has 0 aliphatic rings. The summed E-state index contributed by atoms with van der Waals surface area (Å²) < 4.78 is 20.3. The highest BCUT2D eigenvalue weighted by Crippen LogP contribution is 2.46. The van der Waals surface area contributed by atoms with Gasteiger partial charge >= 0.3 is 0 Å². The minimum absolute atomic E-state index is 0.205.